The van der Waals surface area contributed by atoms with Crippen molar-refractivity contribution < 1.29 is 14.7 Å². The lowest BCUT2D eigenvalue weighted by Crippen LogP contribution is -2.40. The zero-order valence-electron chi connectivity index (χ0n) is 12.7. The molecule has 21 heavy (non-hydrogen) atoms. The van der Waals surface area contributed by atoms with Gasteiger partial charge in [0.05, 0.1) is 0 Å². The van der Waals surface area contributed by atoms with Crippen molar-refractivity contribution >= 4 is 17.7 Å². The molecule has 0 aliphatic heterocycles. The average Bonchev–Trinajstić information content (AvgIpc) is 2.47. The van der Waals surface area contributed by atoms with Crippen LogP contribution in [0.25, 0.3) is 0 Å². The quantitative estimate of drug-likeness (QED) is 0.773. The summed E-state index contributed by atoms with van der Waals surface area (Å²) in [4.78, 5) is 24.3. The van der Waals surface area contributed by atoms with Gasteiger partial charge in [0.2, 0.25) is 0 Å². The number of benzene rings is 1. The van der Waals surface area contributed by atoms with Gasteiger partial charge in [-0.2, -0.15) is 0 Å². The van der Waals surface area contributed by atoms with E-state index in [1.807, 2.05) is 44.2 Å². The molecular weight excluding hydrogens is 268 g/mol. The Kier molecular flexibility index (Phi) is 7.29. The second kappa shape index (κ2) is 9.00. The molecule has 0 heterocycles. The third-order valence-corrected chi connectivity index (χ3v) is 3.39. The van der Waals surface area contributed by atoms with Crippen molar-refractivity contribution in [3.8, 4) is 0 Å². The number of urea groups is 1. The van der Waals surface area contributed by atoms with Crippen molar-refractivity contribution in [1.29, 1.82) is 0 Å². The van der Waals surface area contributed by atoms with Crippen molar-refractivity contribution in [2.75, 3.05) is 18.0 Å². The molecular formula is C16H24N2O3. The number of amides is 2. The molecule has 0 aromatic heterocycles. The molecule has 1 atom stereocenters. The van der Waals surface area contributed by atoms with E-state index in [1.165, 1.54) is 0 Å². The number of hydrogen-bond donors (Lipinski definition) is 2. The zero-order chi connectivity index (χ0) is 15.7. The lowest BCUT2D eigenvalue weighted by Gasteiger charge is -2.22. The van der Waals surface area contributed by atoms with Crippen LogP contribution in [0.2, 0.25) is 0 Å². The molecule has 0 aliphatic rings. The van der Waals surface area contributed by atoms with Crippen LogP contribution in [0.1, 0.15) is 33.1 Å². The van der Waals surface area contributed by atoms with Crippen LogP contribution < -0.4 is 10.2 Å². The number of aliphatic carboxylic acids is 1. The maximum atomic E-state index is 12.1. The molecule has 116 valence electrons. The molecule has 0 saturated carbocycles. The van der Waals surface area contributed by atoms with Gasteiger partial charge in [0.1, 0.15) is 0 Å². The second-order valence-corrected chi connectivity index (χ2v) is 5.14. The number of carbonyl (C=O) groups excluding carboxylic acids is 1. The third kappa shape index (κ3) is 6.29. The summed E-state index contributed by atoms with van der Waals surface area (Å²) in [5.41, 5.74) is 0.872. The molecule has 0 spiro atoms. The molecule has 1 aromatic carbocycles. The number of anilines is 1. The number of carboxylic acids is 1. The summed E-state index contributed by atoms with van der Waals surface area (Å²) in [5, 5.41) is 11.5. The van der Waals surface area contributed by atoms with E-state index in [4.69, 9.17) is 5.11 Å². The molecule has 0 bridgehead atoms. The number of carboxylic acid groups (broad SMARTS) is 1. The molecule has 2 N–H and O–H groups in total. The first-order valence-corrected chi connectivity index (χ1v) is 7.36. The van der Waals surface area contributed by atoms with E-state index in [9.17, 15) is 9.59 Å². The summed E-state index contributed by atoms with van der Waals surface area (Å²) in [6, 6.07) is 9.41. The van der Waals surface area contributed by atoms with Gasteiger partial charge >= 0.3 is 12.0 Å². The summed E-state index contributed by atoms with van der Waals surface area (Å²) in [7, 11) is 0. The fourth-order valence-corrected chi connectivity index (χ4v) is 2.09. The molecule has 0 saturated heterocycles. The van der Waals surface area contributed by atoms with Crippen LogP contribution >= 0.6 is 0 Å². The Bertz CT molecular complexity index is 448. The van der Waals surface area contributed by atoms with Crippen LogP contribution in [0.4, 0.5) is 10.5 Å². The van der Waals surface area contributed by atoms with Gasteiger partial charge < -0.3 is 10.4 Å². The van der Waals surface area contributed by atoms with Gasteiger partial charge in [-0.25, -0.2) is 4.79 Å². The Morgan fingerprint density at radius 3 is 2.48 bits per heavy atom. The molecule has 0 fully saturated rings. The van der Waals surface area contributed by atoms with Crippen molar-refractivity contribution in [3.63, 3.8) is 0 Å². The van der Waals surface area contributed by atoms with E-state index in [2.05, 4.69) is 5.32 Å². The number of nitrogens with zero attached hydrogens (tertiary/aromatic N) is 1. The third-order valence-electron chi connectivity index (χ3n) is 3.39. The molecule has 1 aromatic rings. The smallest absolute Gasteiger partial charge is 0.321 e. The highest BCUT2D eigenvalue weighted by Gasteiger charge is 2.13. The molecule has 0 radical (unpaired) electrons. The normalized spacial score (nSPS) is 11.7. The summed E-state index contributed by atoms with van der Waals surface area (Å²) < 4.78 is 0. The highest BCUT2D eigenvalue weighted by molar-refractivity contribution is 5.91. The van der Waals surface area contributed by atoms with Crippen molar-refractivity contribution in [2.45, 2.75) is 33.1 Å². The van der Waals surface area contributed by atoms with E-state index in [1.54, 1.807) is 4.90 Å². The van der Waals surface area contributed by atoms with Gasteiger partial charge in [-0.15, -0.1) is 0 Å². The van der Waals surface area contributed by atoms with Crippen LogP contribution in [0.5, 0.6) is 0 Å². The van der Waals surface area contributed by atoms with Gasteiger partial charge in [0, 0.05) is 25.2 Å². The minimum atomic E-state index is -0.771. The average molecular weight is 292 g/mol. The van der Waals surface area contributed by atoms with Gasteiger partial charge in [0.25, 0.3) is 0 Å². The summed E-state index contributed by atoms with van der Waals surface area (Å²) in [6.45, 7) is 5.10. The number of carbonyl (C=O) groups is 2. The fraction of sp³-hybridized carbons (Fsp3) is 0.500. The van der Waals surface area contributed by atoms with E-state index in [0.717, 1.165) is 12.1 Å². The first-order chi connectivity index (χ1) is 10.0. The molecule has 2 amide bonds. The van der Waals surface area contributed by atoms with Gasteiger partial charge in [-0.05, 0) is 37.8 Å². The summed E-state index contributed by atoms with van der Waals surface area (Å²) in [6.07, 6.45) is 1.60. The standard InChI is InChI=1S/C16H24N2O3/c1-3-18(14-7-5-4-6-8-14)16(21)17-12-11-13(2)9-10-15(19)20/h4-8,13H,3,9-12H2,1-2H3,(H,17,21)(H,19,20). The van der Waals surface area contributed by atoms with Gasteiger partial charge in [0.15, 0.2) is 0 Å². The van der Waals surface area contributed by atoms with Crippen molar-refractivity contribution in [2.24, 2.45) is 5.92 Å². The maximum Gasteiger partial charge on any atom is 0.321 e. The number of rotatable bonds is 8. The van der Waals surface area contributed by atoms with E-state index in [0.29, 0.717) is 19.5 Å². The van der Waals surface area contributed by atoms with Gasteiger partial charge in [-0.1, -0.05) is 25.1 Å². The second-order valence-electron chi connectivity index (χ2n) is 5.14. The summed E-state index contributed by atoms with van der Waals surface area (Å²) in [5.74, 6) is -0.486. The van der Waals surface area contributed by atoms with Crippen LogP contribution in [0, 0.1) is 5.92 Å². The van der Waals surface area contributed by atoms with E-state index < -0.39 is 5.97 Å². The number of para-hydroxylation sites is 1. The Labute approximate surface area is 126 Å². The van der Waals surface area contributed by atoms with E-state index >= 15 is 0 Å². The molecule has 1 rings (SSSR count). The first-order valence-electron chi connectivity index (χ1n) is 7.36. The van der Waals surface area contributed by atoms with Crippen molar-refractivity contribution in [3.05, 3.63) is 30.3 Å². The van der Waals surface area contributed by atoms with Crippen LogP contribution in [-0.4, -0.2) is 30.2 Å². The Morgan fingerprint density at radius 2 is 1.90 bits per heavy atom. The van der Waals surface area contributed by atoms with Crippen molar-refractivity contribution in [1.82, 2.24) is 5.32 Å². The highest BCUT2D eigenvalue weighted by Crippen LogP contribution is 2.13. The lowest BCUT2D eigenvalue weighted by molar-refractivity contribution is -0.137. The summed E-state index contributed by atoms with van der Waals surface area (Å²) >= 11 is 0. The Balaban J connectivity index is 2.37. The van der Waals surface area contributed by atoms with Crippen LogP contribution in [-0.2, 0) is 4.79 Å². The highest BCUT2D eigenvalue weighted by atomic mass is 16.4. The SMILES string of the molecule is CCN(C(=O)NCCC(C)CCC(=O)O)c1ccccc1. The largest absolute Gasteiger partial charge is 0.481 e. The fourth-order valence-electron chi connectivity index (χ4n) is 2.09. The Hall–Kier alpha value is -2.04. The monoisotopic (exact) mass is 292 g/mol. The number of hydrogen-bond acceptors (Lipinski definition) is 2. The predicted octanol–water partition coefficient (Wildman–Crippen LogP) is 3.11. The lowest BCUT2D eigenvalue weighted by atomic mass is 10.0. The molecule has 0 aliphatic carbocycles. The molecule has 1 unspecified atom stereocenters. The first kappa shape index (κ1) is 17.0. The molecule has 5 nitrogen and oxygen atoms in total. The topological polar surface area (TPSA) is 69.6 Å². The Morgan fingerprint density at radius 1 is 1.24 bits per heavy atom. The minimum absolute atomic E-state index is 0.117. The van der Waals surface area contributed by atoms with Gasteiger partial charge in [-0.3, -0.25) is 9.69 Å². The van der Waals surface area contributed by atoms with Crippen LogP contribution in [0.3, 0.4) is 0 Å². The minimum Gasteiger partial charge on any atom is -0.481 e. The zero-order valence-corrected chi connectivity index (χ0v) is 12.7. The molecule has 5 heteroatoms. The van der Waals surface area contributed by atoms with E-state index in [-0.39, 0.29) is 18.4 Å². The number of nitrogens with one attached hydrogen (secondary N) is 1. The van der Waals surface area contributed by atoms with Crippen LogP contribution in [0.15, 0.2) is 30.3 Å². The maximum absolute atomic E-state index is 12.1. The predicted molar refractivity (Wildman–Crippen MR) is 83.5 cm³/mol.